The van der Waals surface area contributed by atoms with E-state index in [1.165, 1.54) is 12.8 Å². The van der Waals surface area contributed by atoms with Crippen LogP contribution in [0.1, 0.15) is 26.2 Å². The van der Waals surface area contributed by atoms with Crippen LogP contribution in [0.4, 0.5) is 0 Å². The molecule has 1 aliphatic carbocycles. The topological polar surface area (TPSA) is 52.6 Å². The highest BCUT2D eigenvalue weighted by atomic mass is 16.3. The Hall–Kier alpha value is -0.610. The van der Waals surface area contributed by atoms with E-state index in [4.69, 9.17) is 5.11 Å². The summed E-state index contributed by atoms with van der Waals surface area (Å²) in [5.41, 5.74) is 0. The number of rotatable bonds is 7. The number of hydrogen-bond acceptors (Lipinski definition) is 3. The van der Waals surface area contributed by atoms with Gasteiger partial charge in [0, 0.05) is 12.6 Å². The molecule has 0 bridgehead atoms. The summed E-state index contributed by atoms with van der Waals surface area (Å²) >= 11 is 0. The van der Waals surface area contributed by atoms with Crippen molar-refractivity contribution < 1.29 is 9.90 Å². The number of amides is 1. The summed E-state index contributed by atoms with van der Waals surface area (Å²) in [5, 5.41) is 11.2. The number of carbonyl (C=O) groups is 1. The molecule has 0 unspecified atom stereocenters. The molecule has 1 amide bonds. The van der Waals surface area contributed by atoms with E-state index >= 15 is 0 Å². The monoisotopic (exact) mass is 200 g/mol. The maximum atomic E-state index is 11.4. The second kappa shape index (κ2) is 5.98. The van der Waals surface area contributed by atoms with E-state index in [0.717, 1.165) is 13.0 Å². The molecule has 0 saturated heterocycles. The molecular formula is C10H20N2O2. The fourth-order valence-electron chi connectivity index (χ4n) is 1.55. The summed E-state index contributed by atoms with van der Waals surface area (Å²) < 4.78 is 0. The second-order valence-electron chi connectivity index (χ2n) is 3.78. The summed E-state index contributed by atoms with van der Waals surface area (Å²) in [6, 6.07) is 0.634. The third-order valence-electron chi connectivity index (χ3n) is 2.35. The molecule has 0 radical (unpaired) electrons. The van der Waals surface area contributed by atoms with E-state index in [0.29, 0.717) is 19.1 Å². The molecule has 1 saturated carbocycles. The summed E-state index contributed by atoms with van der Waals surface area (Å²) in [5.74, 6) is 0.0272. The lowest BCUT2D eigenvalue weighted by molar-refractivity contribution is -0.122. The number of aliphatic hydroxyl groups excluding tert-OH is 1. The smallest absolute Gasteiger partial charge is 0.234 e. The molecule has 82 valence electrons. The zero-order chi connectivity index (χ0) is 10.4. The Morgan fingerprint density at radius 2 is 2.29 bits per heavy atom. The van der Waals surface area contributed by atoms with Gasteiger partial charge in [0.2, 0.25) is 5.91 Å². The van der Waals surface area contributed by atoms with Gasteiger partial charge in [0.15, 0.2) is 0 Å². The number of hydrogen-bond donors (Lipinski definition) is 2. The summed E-state index contributed by atoms with van der Waals surface area (Å²) in [6.45, 7) is 3.99. The van der Waals surface area contributed by atoms with Crippen molar-refractivity contribution >= 4 is 5.91 Å². The van der Waals surface area contributed by atoms with E-state index in [2.05, 4.69) is 17.1 Å². The Kier molecular flexibility index (Phi) is 4.90. The van der Waals surface area contributed by atoms with E-state index < -0.39 is 0 Å². The average molecular weight is 200 g/mol. The summed E-state index contributed by atoms with van der Waals surface area (Å²) in [4.78, 5) is 13.6. The first kappa shape index (κ1) is 11.5. The average Bonchev–Trinajstić information content (AvgIpc) is 2.97. The largest absolute Gasteiger partial charge is 0.395 e. The number of nitrogens with zero attached hydrogens (tertiary/aromatic N) is 1. The molecule has 0 spiro atoms. The first-order valence-electron chi connectivity index (χ1n) is 5.39. The van der Waals surface area contributed by atoms with E-state index in [1.54, 1.807) is 0 Å². The minimum Gasteiger partial charge on any atom is -0.395 e. The summed E-state index contributed by atoms with van der Waals surface area (Å²) in [6.07, 6.45) is 3.55. The van der Waals surface area contributed by atoms with Crippen molar-refractivity contribution in [3.8, 4) is 0 Å². The molecule has 0 heterocycles. The molecule has 1 aliphatic rings. The van der Waals surface area contributed by atoms with Crippen LogP contribution in [-0.2, 0) is 4.79 Å². The zero-order valence-corrected chi connectivity index (χ0v) is 8.83. The lowest BCUT2D eigenvalue weighted by Gasteiger charge is -2.20. The van der Waals surface area contributed by atoms with Gasteiger partial charge >= 0.3 is 0 Å². The third-order valence-corrected chi connectivity index (χ3v) is 2.35. The van der Waals surface area contributed by atoms with Gasteiger partial charge in [0.25, 0.3) is 0 Å². The van der Waals surface area contributed by atoms with Gasteiger partial charge in [-0.2, -0.15) is 0 Å². The van der Waals surface area contributed by atoms with Crippen molar-refractivity contribution in [1.29, 1.82) is 0 Å². The Morgan fingerprint density at radius 1 is 1.57 bits per heavy atom. The normalized spacial score (nSPS) is 15.9. The van der Waals surface area contributed by atoms with Gasteiger partial charge in [-0.3, -0.25) is 9.69 Å². The highest BCUT2D eigenvalue weighted by Gasteiger charge is 2.29. The molecule has 2 N–H and O–H groups in total. The Morgan fingerprint density at radius 3 is 2.79 bits per heavy atom. The van der Waals surface area contributed by atoms with Gasteiger partial charge in [-0.05, 0) is 25.8 Å². The van der Waals surface area contributed by atoms with Crippen LogP contribution in [0.15, 0.2) is 0 Å². The highest BCUT2D eigenvalue weighted by molar-refractivity contribution is 5.78. The maximum absolute atomic E-state index is 11.4. The van der Waals surface area contributed by atoms with Crippen molar-refractivity contribution in [3.05, 3.63) is 0 Å². The van der Waals surface area contributed by atoms with E-state index in [1.807, 2.05) is 0 Å². The van der Waals surface area contributed by atoms with Crippen LogP contribution in [0, 0.1) is 0 Å². The van der Waals surface area contributed by atoms with Crippen molar-refractivity contribution in [2.75, 3.05) is 26.2 Å². The van der Waals surface area contributed by atoms with Gasteiger partial charge in [0.05, 0.1) is 13.2 Å². The van der Waals surface area contributed by atoms with Crippen molar-refractivity contribution in [2.24, 2.45) is 0 Å². The molecule has 4 nitrogen and oxygen atoms in total. The summed E-state index contributed by atoms with van der Waals surface area (Å²) in [7, 11) is 0. The van der Waals surface area contributed by atoms with Crippen LogP contribution in [0.5, 0.6) is 0 Å². The molecule has 4 heteroatoms. The second-order valence-corrected chi connectivity index (χ2v) is 3.78. The molecule has 0 aliphatic heterocycles. The van der Waals surface area contributed by atoms with Crippen LogP contribution >= 0.6 is 0 Å². The number of aliphatic hydroxyl groups is 1. The SMILES string of the molecule is CCCN(CC(=O)NCCO)C1CC1. The van der Waals surface area contributed by atoms with Crippen molar-refractivity contribution in [2.45, 2.75) is 32.2 Å². The van der Waals surface area contributed by atoms with Gasteiger partial charge in [-0.25, -0.2) is 0 Å². The Labute approximate surface area is 85.3 Å². The van der Waals surface area contributed by atoms with Crippen LogP contribution in [0.2, 0.25) is 0 Å². The molecule has 1 rings (SSSR count). The van der Waals surface area contributed by atoms with Crippen LogP contribution in [0.25, 0.3) is 0 Å². The lowest BCUT2D eigenvalue weighted by atomic mass is 10.3. The zero-order valence-electron chi connectivity index (χ0n) is 8.83. The van der Waals surface area contributed by atoms with Gasteiger partial charge < -0.3 is 10.4 Å². The minimum atomic E-state index is 0.0168. The quantitative estimate of drug-likeness (QED) is 0.607. The van der Waals surface area contributed by atoms with Gasteiger partial charge in [-0.15, -0.1) is 0 Å². The number of nitrogens with one attached hydrogen (secondary N) is 1. The molecular weight excluding hydrogens is 180 g/mol. The minimum absolute atomic E-state index is 0.0168. The fourth-order valence-corrected chi connectivity index (χ4v) is 1.55. The standard InChI is InChI=1S/C10H20N2O2/c1-2-6-12(9-3-4-9)8-10(14)11-5-7-13/h9,13H,2-8H2,1H3,(H,11,14). The third kappa shape index (κ3) is 4.07. The fraction of sp³-hybridized carbons (Fsp3) is 0.900. The van der Waals surface area contributed by atoms with Crippen LogP contribution in [0.3, 0.4) is 0 Å². The van der Waals surface area contributed by atoms with Gasteiger partial charge in [-0.1, -0.05) is 6.92 Å². The predicted octanol–water partition coefficient (Wildman–Crippen LogP) is -0.0307. The highest BCUT2D eigenvalue weighted by Crippen LogP contribution is 2.26. The number of carbonyl (C=O) groups excluding carboxylic acids is 1. The van der Waals surface area contributed by atoms with Crippen LogP contribution in [-0.4, -0.2) is 48.2 Å². The van der Waals surface area contributed by atoms with Crippen molar-refractivity contribution in [1.82, 2.24) is 10.2 Å². The first-order valence-corrected chi connectivity index (χ1v) is 5.39. The van der Waals surface area contributed by atoms with E-state index in [9.17, 15) is 4.79 Å². The van der Waals surface area contributed by atoms with E-state index in [-0.39, 0.29) is 12.5 Å². The molecule has 0 aromatic rings. The maximum Gasteiger partial charge on any atom is 0.234 e. The van der Waals surface area contributed by atoms with Gasteiger partial charge in [0.1, 0.15) is 0 Å². The molecule has 0 aromatic carbocycles. The molecule has 0 aromatic heterocycles. The van der Waals surface area contributed by atoms with Crippen molar-refractivity contribution in [3.63, 3.8) is 0 Å². The molecule has 0 atom stereocenters. The Bertz CT molecular complexity index is 181. The lowest BCUT2D eigenvalue weighted by Crippen LogP contribution is -2.39. The Balaban J connectivity index is 2.20. The molecule has 1 fully saturated rings. The van der Waals surface area contributed by atoms with Crippen LogP contribution < -0.4 is 5.32 Å². The molecule has 14 heavy (non-hydrogen) atoms. The first-order chi connectivity index (χ1) is 6.77. The predicted molar refractivity (Wildman–Crippen MR) is 55.0 cm³/mol.